The quantitative estimate of drug-likeness (QED) is 0.890. The molecule has 2 heterocycles. The lowest BCUT2D eigenvalue weighted by Crippen LogP contribution is -2.45. The predicted molar refractivity (Wildman–Crippen MR) is 98.7 cm³/mol. The van der Waals surface area contributed by atoms with Gasteiger partial charge in [-0.25, -0.2) is 9.18 Å². The van der Waals surface area contributed by atoms with Gasteiger partial charge in [0.05, 0.1) is 11.4 Å². The third kappa shape index (κ3) is 3.93. The molecule has 6 nitrogen and oxygen atoms in total. The van der Waals surface area contributed by atoms with Crippen molar-refractivity contribution in [2.75, 3.05) is 18.4 Å². The summed E-state index contributed by atoms with van der Waals surface area (Å²) in [6.07, 6.45) is 1.43. The van der Waals surface area contributed by atoms with Crippen molar-refractivity contribution in [1.82, 2.24) is 5.06 Å². The van der Waals surface area contributed by atoms with Crippen molar-refractivity contribution in [2.24, 2.45) is 5.16 Å². The molecule has 1 fully saturated rings. The highest BCUT2D eigenvalue weighted by molar-refractivity contribution is 6.01. The minimum Gasteiger partial charge on any atom is -0.388 e. The van der Waals surface area contributed by atoms with E-state index < -0.39 is 11.9 Å². The number of carbonyl (C=O) groups excluding carboxylic acids is 1. The van der Waals surface area contributed by atoms with E-state index in [9.17, 15) is 9.18 Å². The van der Waals surface area contributed by atoms with Gasteiger partial charge >= 0.3 is 6.09 Å². The lowest BCUT2D eigenvalue weighted by molar-refractivity contribution is -0.154. The van der Waals surface area contributed by atoms with E-state index in [1.165, 1.54) is 12.1 Å². The van der Waals surface area contributed by atoms with E-state index in [0.717, 1.165) is 17.7 Å². The van der Waals surface area contributed by atoms with Crippen LogP contribution in [0.25, 0.3) is 0 Å². The number of halogens is 1. The van der Waals surface area contributed by atoms with Crippen LogP contribution in [-0.2, 0) is 9.68 Å². The van der Waals surface area contributed by atoms with Gasteiger partial charge in [0, 0.05) is 32.4 Å². The van der Waals surface area contributed by atoms with E-state index >= 15 is 0 Å². The van der Waals surface area contributed by atoms with E-state index in [1.807, 2.05) is 30.3 Å². The van der Waals surface area contributed by atoms with Crippen molar-refractivity contribution in [2.45, 2.75) is 24.9 Å². The smallest absolute Gasteiger partial charge is 0.388 e. The average molecular weight is 369 g/mol. The number of hydrogen-bond acceptors (Lipinski definition) is 5. The molecular weight excluding hydrogens is 349 g/mol. The summed E-state index contributed by atoms with van der Waals surface area (Å²) < 4.78 is 13.6. The normalized spacial score (nSPS) is 18.6. The first-order chi connectivity index (χ1) is 13.1. The number of amides is 1. The van der Waals surface area contributed by atoms with Crippen molar-refractivity contribution in [3.8, 4) is 0 Å². The Morgan fingerprint density at radius 3 is 2.56 bits per heavy atom. The highest BCUT2D eigenvalue weighted by Crippen LogP contribution is 2.36. The van der Waals surface area contributed by atoms with E-state index in [1.54, 1.807) is 17.2 Å². The standard InChI is InChI=1S/C20H20FN3O3/c21-16-8-4-5-9-17(16)22-19(25)26-24-12-10-20(11-13-24)14-18(23-27-20)15-6-2-1-3-7-15/h1-9H,10-14H2,(H,22,25). The van der Waals surface area contributed by atoms with Gasteiger partial charge in [-0.2, -0.15) is 0 Å². The third-order valence-corrected chi connectivity index (χ3v) is 4.90. The fourth-order valence-electron chi connectivity index (χ4n) is 3.37. The molecule has 0 atom stereocenters. The van der Waals surface area contributed by atoms with Crippen LogP contribution in [0.5, 0.6) is 0 Å². The van der Waals surface area contributed by atoms with E-state index in [-0.39, 0.29) is 11.3 Å². The van der Waals surface area contributed by atoms with E-state index in [0.29, 0.717) is 25.9 Å². The summed E-state index contributed by atoms with van der Waals surface area (Å²) in [5, 5.41) is 8.26. The van der Waals surface area contributed by atoms with Gasteiger partial charge in [0.2, 0.25) is 0 Å². The Labute approximate surface area is 156 Å². The molecule has 1 amide bonds. The van der Waals surface area contributed by atoms with Crippen LogP contribution in [0.2, 0.25) is 0 Å². The molecule has 1 spiro atoms. The van der Waals surface area contributed by atoms with Gasteiger partial charge < -0.3 is 9.68 Å². The molecule has 2 aromatic carbocycles. The molecule has 2 aliphatic heterocycles. The van der Waals surface area contributed by atoms with Gasteiger partial charge in [0.15, 0.2) is 0 Å². The molecule has 0 radical (unpaired) electrons. The summed E-state index contributed by atoms with van der Waals surface area (Å²) >= 11 is 0. The van der Waals surface area contributed by atoms with Crippen LogP contribution in [0.4, 0.5) is 14.9 Å². The largest absolute Gasteiger partial charge is 0.430 e. The summed E-state index contributed by atoms with van der Waals surface area (Å²) in [5.74, 6) is -0.503. The Bertz CT molecular complexity index is 849. The Kier molecular flexibility index (Phi) is 4.77. The van der Waals surface area contributed by atoms with Crippen molar-refractivity contribution in [3.63, 3.8) is 0 Å². The summed E-state index contributed by atoms with van der Waals surface area (Å²) in [6.45, 7) is 1.06. The Morgan fingerprint density at radius 2 is 1.81 bits per heavy atom. The number of hydroxylamine groups is 2. The molecule has 0 bridgehead atoms. The Balaban J connectivity index is 1.28. The summed E-state index contributed by atoms with van der Waals surface area (Å²) in [5.41, 5.74) is 1.77. The van der Waals surface area contributed by atoms with E-state index in [4.69, 9.17) is 9.68 Å². The zero-order valence-electron chi connectivity index (χ0n) is 14.7. The number of nitrogens with zero attached hydrogens (tertiary/aromatic N) is 2. The van der Waals surface area contributed by atoms with Crippen molar-refractivity contribution >= 4 is 17.5 Å². The number of anilines is 1. The molecule has 0 unspecified atom stereocenters. The number of nitrogens with one attached hydrogen (secondary N) is 1. The maximum atomic E-state index is 13.6. The minimum absolute atomic E-state index is 0.0935. The molecule has 2 aliphatic rings. The molecule has 4 rings (SSSR count). The zero-order chi connectivity index (χ0) is 18.7. The molecule has 7 heteroatoms. The fraction of sp³-hybridized carbons (Fsp3) is 0.300. The van der Waals surface area contributed by atoms with Crippen LogP contribution >= 0.6 is 0 Å². The number of carbonyl (C=O) groups is 1. The topological polar surface area (TPSA) is 63.2 Å². The van der Waals surface area contributed by atoms with Crippen LogP contribution in [0.1, 0.15) is 24.8 Å². The van der Waals surface area contributed by atoms with Gasteiger partial charge in [0.1, 0.15) is 11.4 Å². The molecule has 2 aromatic rings. The summed E-state index contributed by atoms with van der Waals surface area (Å²) in [6, 6.07) is 15.9. The number of hydrogen-bond donors (Lipinski definition) is 1. The lowest BCUT2D eigenvalue weighted by Gasteiger charge is -2.35. The van der Waals surface area contributed by atoms with Gasteiger partial charge in [-0.15, -0.1) is 5.06 Å². The maximum absolute atomic E-state index is 13.6. The summed E-state index contributed by atoms with van der Waals surface area (Å²) in [4.78, 5) is 23.0. The first-order valence-corrected chi connectivity index (χ1v) is 8.92. The zero-order valence-corrected chi connectivity index (χ0v) is 14.7. The van der Waals surface area contributed by atoms with Crippen LogP contribution in [-0.4, -0.2) is 35.6 Å². The molecular formula is C20H20FN3O3. The second kappa shape index (κ2) is 7.36. The second-order valence-corrected chi connectivity index (χ2v) is 6.77. The second-order valence-electron chi connectivity index (χ2n) is 6.77. The average Bonchev–Trinajstić information content (AvgIpc) is 3.10. The number of para-hydroxylation sites is 1. The molecule has 0 aliphatic carbocycles. The van der Waals surface area contributed by atoms with Crippen molar-refractivity contribution in [3.05, 3.63) is 66.0 Å². The first-order valence-electron chi connectivity index (χ1n) is 8.92. The third-order valence-electron chi connectivity index (χ3n) is 4.90. The van der Waals surface area contributed by atoms with E-state index in [2.05, 4.69) is 10.5 Å². The molecule has 1 saturated heterocycles. The minimum atomic E-state index is -0.704. The Hall–Kier alpha value is -2.93. The molecule has 0 saturated carbocycles. The molecule has 140 valence electrons. The molecule has 27 heavy (non-hydrogen) atoms. The SMILES string of the molecule is O=C(Nc1ccccc1F)ON1CCC2(CC1)CC(c1ccccc1)=NO2. The number of rotatable bonds is 3. The monoisotopic (exact) mass is 369 g/mol. The van der Waals surface area contributed by atoms with Crippen LogP contribution in [0.15, 0.2) is 59.8 Å². The number of benzene rings is 2. The van der Waals surface area contributed by atoms with Crippen LogP contribution < -0.4 is 5.32 Å². The van der Waals surface area contributed by atoms with Gasteiger partial charge in [-0.3, -0.25) is 5.32 Å². The van der Waals surface area contributed by atoms with Crippen LogP contribution in [0, 0.1) is 5.82 Å². The van der Waals surface area contributed by atoms with Crippen molar-refractivity contribution in [1.29, 1.82) is 0 Å². The lowest BCUT2D eigenvalue weighted by atomic mass is 9.86. The maximum Gasteiger partial charge on any atom is 0.430 e. The van der Waals surface area contributed by atoms with Gasteiger partial charge in [-0.1, -0.05) is 47.6 Å². The Morgan fingerprint density at radius 1 is 1.11 bits per heavy atom. The van der Waals surface area contributed by atoms with Gasteiger partial charge in [-0.05, 0) is 17.7 Å². The highest BCUT2D eigenvalue weighted by atomic mass is 19.1. The number of piperidine rings is 1. The molecule has 1 N–H and O–H groups in total. The fourth-order valence-corrected chi connectivity index (χ4v) is 3.37. The van der Waals surface area contributed by atoms with Gasteiger partial charge in [0.25, 0.3) is 0 Å². The highest BCUT2D eigenvalue weighted by Gasteiger charge is 2.43. The van der Waals surface area contributed by atoms with Crippen LogP contribution in [0.3, 0.4) is 0 Å². The summed E-state index contributed by atoms with van der Waals surface area (Å²) in [7, 11) is 0. The van der Waals surface area contributed by atoms with Crippen molar-refractivity contribution < 1.29 is 18.9 Å². The first kappa shape index (κ1) is 17.5. The molecule has 0 aromatic heterocycles. The predicted octanol–water partition coefficient (Wildman–Crippen LogP) is 3.95. The number of oxime groups is 1.